The Kier molecular flexibility index (Phi) is 6.20. The van der Waals surface area contributed by atoms with Gasteiger partial charge in [-0.2, -0.15) is 0 Å². The van der Waals surface area contributed by atoms with Crippen LogP contribution in [-0.2, 0) is 0 Å². The molecule has 7 heteroatoms. The number of rotatable bonds is 8. The lowest BCUT2D eigenvalue weighted by Gasteiger charge is -2.23. The Bertz CT molecular complexity index is 453. The number of nitro benzene ring substituents is 1. The Morgan fingerprint density at radius 3 is 2.55 bits per heavy atom. The molecule has 0 spiro atoms. The summed E-state index contributed by atoms with van der Waals surface area (Å²) in [6, 6.07) is 4.80. The van der Waals surface area contributed by atoms with Crippen molar-refractivity contribution >= 4 is 11.4 Å². The molecule has 0 atom stereocenters. The zero-order valence-electron chi connectivity index (χ0n) is 12.1. The van der Waals surface area contributed by atoms with Gasteiger partial charge in [-0.05, 0) is 13.1 Å². The number of benzene rings is 1. The second-order valence-electron chi connectivity index (χ2n) is 4.56. The first-order chi connectivity index (χ1) is 9.49. The van der Waals surface area contributed by atoms with E-state index in [1.54, 1.807) is 12.1 Å². The lowest BCUT2D eigenvalue weighted by atomic mass is 10.2. The van der Waals surface area contributed by atoms with E-state index >= 15 is 0 Å². The second-order valence-corrected chi connectivity index (χ2v) is 4.56. The largest absolute Gasteiger partial charge is 0.490 e. The van der Waals surface area contributed by atoms with Crippen LogP contribution >= 0.6 is 0 Å². The summed E-state index contributed by atoms with van der Waals surface area (Å²) in [5.41, 5.74) is 0.812. The van der Waals surface area contributed by atoms with Gasteiger partial charge in [-0.25, -0.2) is 0 Å². The normalized spacial score (nSPS) is 10.7. The standard InChI is InChI=1S/C13H21N3O4/c1-14(8-9-17)6-7-15(2)11-4-5-12(16(18)19)13(10-11)20-3/h4-5,10,17H,6-9H2,1-3H3. The van der Waals surface area contributed by atoms with Crippen LogP contribution in [0.15, 0.2) is 18.2 Å². The van der Waals surface area contributed by atoms with Gasteiger partial charge in [0.05, 0.1) is 18.6 Å². The fraction of sp³-hybridized carbons (Fsp3) is 0.538. The SMILES string of the molecule is COc1cc(N(C)CCN(C)CCO)ccc1[N+](=O)[O-]. The second kappa shape index (κ2) is 7.66. The minimum atomic E-state index is -0.461. The highest BCUT2D eigenvalue weighted by molar-refractivity contribution is 5.58. The smallest absolute Gasteiger partial charge is 0.311 e. The maximum Gasteiger partial charge on any atom is 0.311 e. The van der Waals surface area contributed by atoms with E-state index in [1.807, 2.05) is 23.9 Å². The van der Waals surface area contributed by atoms with Crippen molar-refractivity contribution in [2.24, 2.45) is 0 Å². The van der Waals surface area contributed by atoms with Gasteiger partial charge in [0.1, 0.15) is 0 Å². The molecule has 0 amide bonds. The van der Waals surface area contributed by atoms with Gasteiger partial charge in [-0.15, -0.1) is 0 Å². The molecule has 1 aromatic rings. The van der Waals surface area contributed by atoms with Crippen LogP contribution in [0.3, 0.4) is 0 Å². The van der Waals surface area contributed by atoms with E-state index in [4.69, 9.17) is 9.84 Å². The summed E-state index contributed by atoms with van der Waals surface area (Å²) < 4.78 is 5.05. The number of nitrogens with zero attached hydrogens (tertiary/aromatic N) is 3. The number of ether oxygens (including phenoxy) is 1. The molecule has 0 saturated heterocycles. The molecule has 20 heavy (non-hydrogen) atoms. The van der Waals surface area contributed by atoms with Gasteiger partial charge in [0.2, 0.25) is 0 Å². The average molecular weight is 283 g/mol. The highest BCUT2D eigenvalue weighted by Gasteiger charge is 2.16. The number of methoxy groups -OCH3 is 1. The molecule has 0 unspecified atom stereocenters. The van der Waals surface area contributed by atoms with Gasteiger partial charge in [-0.1, -0.05) is 0 Å². The highest BCUT2D eigenvalue weighted by atomic mass is 16.6. The van der Waals surface area contributed by atoms with Crippen LogP contribution < -0.4 is 9.64 Å². The number of nitro groups is 1. The minimum absolute atomic E-state index is 0.0398. The lowest BCUT2D eigenvalue weighted by molar-refractivity contribution is -0.385. The number of aliphatic hydroxyl groups is 1. The Morgan fingerprint density at radius 1 is 1.30 bits per heavy atom. The summed E-state index contributed by atoms with van der Waals surface area (Å²) in [6.07, 6.45) is 0. The first-order valence-electron chi connectivity index (χ1n) is 6.32. The summed E-state index contributed by atoms with van der Waals surface area (Å²) >= 11 is 0. The van der Waals surface area contributed by atoms with Crippen molar-refractivity contribution in [3.63, 3.8) is 0 Å². The summed E-state index contributed by atoms with van der Waals surface area (Å²) in [7, 11) is 5.26. The molecule has 1 N–H and O–H groups in total. The lowest BCUT2D eigenvalue weighted by Crippen LogP contribution is -2.32. The third kappa shape index (κ3) is 4.36. The topological polar surface area (TPSA) is 79.1 Å². The predicted octanol–water partition coefficient (Wildman–Crippen LogP) is 0.964. The van der Waals surface area contributed by atoms with Crippen molar-refractivity contribution in [2.75, 3.05) is 52.3 Å². The number of hydrogen-bond donors (Lipinski definition) is 1. The van der Waals surface area contributed by atoms with Crippen molar-refractivity contribution < 1.29 is 14.8 Å². The zero-order valence-corrected chi connectivity index (χ0v) is 12.1. The van der Waals surface area contributed by atoms with Crippen molar-refractivity contribution in [3.8, 4) is 5.75 Å². The quantitative estimate of drug-likeness (QED) is 0.565. The molecular weight excluding hydrogens is 262 g/mol. The molecule has 0 saturated carbocycles. The van der Waals surface area contributed by atoms with Gasteiger partial charge >= 0.3 is 5.69 Å². The number of anilines is 1. The van der Waals surface area contributed by atoms with Gasteiger partial charge in [-0.3, -0.25) is 10.1 Å². The summed E-state index contributed by atoms with van der Waals surface area (Å²) in [4.78, 5) is 14.4. The maximum absolute atomic E-state index is 10.8. The van der Waals surface area contributed by atoms with Gasteiger partial charge < -0.3 is 19.6 Å². The van der Waals surface area contributed by atoms with Crippen molar-refractivity contribution in [2.45, 2.75) is 0 Å². The Hall–Kier alpha value is -1.86. The van der Waals surface area contributed by atoms with Crippen LogP contribution in [-0.4, -0.2) is 62.4 Å². The molecule has 1 rings (SSSR count). The molecule has 0 aliphatic heterocycles. The van der Waals surface area contributed by atoms with Crippen LogP contribution in [0.2, 0.25) is 0 Å². The van der Waals surface area contributed by atoms with E-state index in [0.717, 1.165) is 18.8 Å². The molecule has 0 heterocycles. The summed E-state index contributed by atoms with van der Waals surface area (Å²) in [5, 5.41) is 19.7. The fourth-order valence-electron chi connectivity index (χ4n) is 1.79. The fourth-order valence-corrected chi connectivity index (χ4v) is 1.79. The van der Waals surface area contributed by atoms with Crippen molar-refractivity contribution in [1.29, 1.82) is 0 Å². The van der Waals surface area contributed by atoms with Crippen LogP contribution in [0.4, 0.5) is 11.4 Å². The Labute approximate surface area is 118 Å². The zero-order chi connectivity index (χ0) is 15.1. The highest BCUT2D eigenvalue weighted by Crippen LogP contribution is 2.30. The van der Waals surface area contributed by atoms with E-state index in [9.17, 15) is 10.1 Å². The number of hydrogen-bond acceptors (Lipinski definition) is 6. The van der Waals surface area contributed by atoms with E-state index in [1.165, 1.54) is 13.2 Å². The van der Waals surface area contributed by atoms with E-state index in [-0.39, 0.29) is 18.0 Å². The summed E-state index contributed by atoms with van der Waals surface area (Å²) in [5.74, 6) is 0.253. The van der Waals surface area contributed by atoms with E-state index in [0.29, 0.717) is 6.54 Å². The van der Waals surface area contributed by atoms with Crippen LogP contribution in [0, 0.1) is 10.1 Å². The number of aliphatic hydroxyl groups excluding tert-OH is 1. The first kappa shape index (κ1) is 16.2. The average Bonchev–Trinajstić information content (AvgIpc) is 2.44. The van der Waals surface area contributed by atoms with Crippen LogP contribution in [0.1, 0.15) is 0 Å². The predicted molar refractivity (Wildman–Crippen MR) is 77.5 cm³/mol. The third-order valence-electron chi connectivity index (χ3n) is 3.10. The summed E-state index contributed by atoms with van der Waals surface area (Å²) in [6.45, 7) is 2.29. The molecule has 0 aromatic heterocycles. The minimum Gasteiger partial charge on any atom is -0.490 e. The molecule has 112 valence electrons. The van der Waals surface area contributed by atoms with Crippen LogP contribution in [0.5, 0.6) is 5.75 Å². The number of likely N-dealkylation sites (N-methyl/N-ethyl adjacent to an activating group) is 2. The molecule has 7 nitrogen and oxygen atoms in total. The molecule has 0 aliphatic rings. The van der Waals surface area contributed by atoms with Crippen molar-refractivity contribution in [3.05, 3.63) is 28.3 Å². The van der Waals surface area contributed by atoms with Gasteiger partial charge in [0.25, 0.3) is 0 Å². The maximum atomic E-state index is 10.8. The van der Waals surface area contributed by atoms with Crippen LogP contribution in [0.25, 0.3) is 0 Å². The third-order valence-corrected chi connectivity index (χ3v) is 3.10. The molecule has 0 bridgehead atoms. The van der Waals surface area contributed by atoms with Gasteiger partial charge in [0, 0.05) is 44.5 Å². The molecule has 0 aliphatic carbocycles. The van der Waals surface area contributed by atoms with Crippen molar-refractivity contribution in [1.82, 2.24) is 4.90 Å². The molecule has 0 radical (unpaired) electrons. The Morgan fingerprint density at radius 2 is 2.00 bits per heavy atom. The molecular formula is C13H21N3O4. The Balaban J connectivity index is 2.73. The van der Waals surface area contributed by atoms with E-state index < -0.39 is 4.92 Å². The first-order valence-corrected chi connectivity index (χ1v) is 6.32. The molecule has 1 aromatic carbocycles. The monoisotopic (exact) mass is 283 g/mol. The van der Waals surface area contributed by atoms with Gasteiger partial charge in [0.15, 0.2) is 5.75 Å². The molecule has 0 fully saturated rings. The van der Waals surface area contributed by atoms with E-state index in [2.05, 4.69) is 0 Å².